The molecule has 0 saturated carbocycles. The third kappa shape index (κ3) is 5.50. The second kappa shape index (κ2) is 11.1. The summed E-state index contributed by atoms with van der Waals surface area (Å²) in [5.74, 6) is 0.583. The summed E-state index contributed by atoms with van der Waals surface area (Å²) in [7, 11) is 0. The first-order chi connectivity index (χ1) is 17.0. The van der Waals surface area contributed by atoms with Gasteiger partial charge in [-0.3, -0.25) is 0 Å². The van der Waals surface area contributed by atoms with Gasteiger partial charge in [0.05, 0.1) is 18.1 Å². The quantitative estimate of drug-likeness (QED) is 0.203. The highest BCUT2D eigenvalue weighted by Crippen LogP contribution is 2.45. The first kappa shape index (κ1) is 24.4. The zero-order valence-corrected chi connectivity index (χ0v) is 20.9. The van der Waals surface area contributed by atoms with E-state index in [0.29, 0.717) is 35.0 Å². The van der Waals surface area contributed by atoms with Crippen LogP contribution >= 0.6 is 15.9 Å². The monoisotopic (exact) mass is 532 g/mol. The number of nitrogens with two attached hydrogens (primary N) is 1. The molecule has 35 heavy (non-hydrogen) atoms. The van der Waals surface area contributed by atoms with Crippen molar-refractivity contribution in [2.24, 2.45) is 5.73 Å². The predicted molar refractivity (Wildman–Crippen MR) is 136 cm³/mol. The van der Waals surface area contributed by atoms with E-state index in [1.807, 2.05) is 24.3 Å². The highest BCUT2D eigenvalue weighted by molar-refractivity contribution is 9.10. The molecule has 1 unspecified atom stereocenters. The van der Waals surface area contributed by atoms with Gasteiger partial charge in [-0.05, 0) is 48.4 Å². The molecular weight excluding hydrogens is 508 g/mol. The first-order valence-electron chi connectivity index (χ1n) is 11.4. The average Bonchev–Trinajstić information content (AvgIpc) is 2.86. The fourth-order valence-corrected chi connectivity index (χ4v) is 4.44. The van der Waals surface area contributed by atoms with Crippen molar-refractivity contribution in [3.63, 3.8) is 0 Å². The number of benzene rings is 3. The highest BCUT2D eigenvalue weighted by atomic mass is 79.9. The summed E-state index contributed by atoms with van der Waals surface area (Å²) < 4.78 is 17.9. The lowest BCUT2D eigenvalue weighted by Gasteiger charge is -2.27. The number of carbonyl (C=O) groups excluding carboxylic acids is 1. The fraction of sp³-hybridized carbons (Fsp3) is 0.214. The summed E-state index contributed by atoms with van der Waals surface area (Å²) >= 11 is 3.57. The number of unbranched alkanes of at least 4 members (excludes halogenated alkanes) is 2. The molecule has 6 nitrogen and oxygen atoms in total. The molecule has 0 amide bonds. The SMILES string of the molecule is CCCCCOc1ccc(C(=O)Oc2ccc3c(c2)OC(N)=C(C#N)C3c2ccccc2Br)cc1. The van der Waals surface area contributed by atoms with Gasteiger partial charge in [0.1, 0.15) is 28.9 Å². The van der Waals surface area contributed by atoms with Crippen molar-refractivity contribution < 1.29 is 19.0 Å². The van der Waals surface area contributed by atoms with Crippen molar-refractivity contribution >= 4 is 21.9 Å². The smallest absolute Gasteiger partial charge is 0.343 e. The zero-order valence-electron chi connectivity index (χ0n) is 19.3. The minimum absolute atomic E-state index is 0.0266. The van der Waals surface area contributed by atoms with Crippen LogP contribution in [-0.2, 0) is 0 Å². The van der Waals surface area contributed by atoms with Crippen molar-refractivity contribution in [1.82, 2.24) is 0 Å². The van der Waals surface area contributed by atoms with Crippen LogP contribution in [0.3, 0.4) is 0 Å². The molecule has 7 heteroatoms. The van der Waals surface area contributed by atoms with Crippen LogP contribution < -0.4 is 19.9 Å². The number of esters is 1. The Morgan fingerprint density at radius 1 is 1.06 bits per heavy atom. The predicted octanol–water partition coefficient (Wildman–Crippen LogP) is 6.46. The van der Waals surface area contributed by atoms with Gasteiger partial charge in [-0.25, -0.2) is 4.79 Å². The fourth-order valence-electron chi connectivity index (χ4n) is 3.92. The van der Waals surface area contributed by atoms with Gasteiger partial charge in [0, 0.05) is 16.1 Å². The number of halogens is 1. The molecule has 0 aromatic heterocycles. The number of nitriles is 1. The lowest BCUT2D eigenvalue weighted by Crippen LogP contribution is -2.21. The Kier molecular flexibility index (Phi) is 7.74. The van der Waals surface area contributed by atoms with Gasteiger partial charge < -0.3 is 19.9 Å². The van der Waals surface area contributed by atoms with E-state index in [4.69, 9.17) is 19.9 Å². The number of nitrogens with zero attached hydrogens (tertiary/aromatic N) is 1. The number of hydrogen-bond acceptors (Lipinski definition) is 6. The number of rotatable bonds is 8. The van der Waals surface area contributed by atoms with E-state index >= 15 is 0 Å². The Bertz CT molecular complexity index is 1300. The summed E-state index contributed by atoms with van der Waals surface area (Å²) in [6.45, 7) is 2.79. The minimum atomic E-state index is -0.498. The van der Waals surface area contributed by atoms with Crippen LogP contribution in [0, 0.1) is 11.3 Å². The summed E-state index contributed by atoms with van der Waals surface area (Å²) in [6, 6.07) is 21.8. The van der Waals surface area contributed by atoms with E-state index in [9.17, 15) is 10.1 Å². The Balaban J connectivity index is 1.52. The topological polar surface area (TPSA) is 94.6 Å². The molecule has 4 rings (SSSR count). The van der Waals surface area contributed by atoms with Crippen LogP contribution in [-0.4, -0.2) is 12.6 Å². The zero-order chi connectivity index (χ0) is 24.8. The molecule has 0 aliphatic carbocycles. The summed E-state index contributed by atoms with van der Waals surface area (Å²) in [4.78, 5) is 12.7. The Morgan fingerprint density at radius 2 is 1.80 bits per heavy atom. The number of carbonyl (C=O) groups is 1. The molecule has 1 atom stereocenters. The van der Waals surface area contributed by atoms with Gasteiger partial charge in [0.15, 0.2) is 0 Å². The van der Waals surface area contributed by atoms with Crippen LogP contribution in [0.5, 0.6) is 17.2 Å². The summed E-state index contributed by atoms with van der Waals surface area (Å²) in [6.07, 6.45) is 3.25. The Hall–Kier alpha value is -3.76. The highest BCUT2D eigenvalue weighted by Gasteiger charge is 2.32. The lowest BCUT2D eigenvalue weighted by atomic mass is 9.83. The van der Waals surface area contributed by atoms with Gasteiger partial charge in [-0.2, -0.15) is 5.26 Å². The standard InChI is InChI=1S/C28H25BrN2O4/c1-2-3-6-15-33-19-11-9-18(10-12-19)28(32)34-20-13-14-22-25(16-20)35-27(31)23(17-30)26(22)21-7-4-5-8-24(21)29/h4-5,7-14,16,26H,2-3,6,15,31H2,1H3. The van der Waals surface area contributed by atoms with E-state index in [0.717, 1.165) is 34.9 Å². The molecular formula is C28H25BrN2O4. The Labute approximate surface area is 213 Å². The number of ether oxygens (including phenoxy) is 3. The minimum Gasteiger partial charge on any atom is -0.494 e. The van der Waals surface area contributed by atoms with Crippen LogP contribution in [0.4, 0.5) is 0 Å². The maximum absolute atomic E-state index is 12.7. The van der Waals surface area contributed by atoms with Crippen molar-refractivity contribution in [3.05, 3.63) is 99.3 Å². The van der Waals surface area contributed by atoms with Gasteiger partial charge in [0.25, 0.3) is 0 Å². The van der Waals surface area contributed by atoms with E-state index in [1.165, 1.54) is 0 Å². The average molecular weight is 533 g/mol. The molecule has 1 aliphatic rings. The largest absolute Gasteiger partial charge is 0.494 e. The molecule has 2 N–H and O–H groups in total. The number of fused-ring (bicyclic) bond motifs is 1. The van der Waals surface area contributed by atoms with Crippen molar-refractivity contribution in [2.75, 3.05) is 6.61 Å². The summed E-state index contributed by atoms with van der Waals surface area (Å²) in [5, 5.41) is 9.74. The molecule has 3 aromatic carbocycles. The normalized spacial score (nSPS) is 14.5. The van der Waals surface area contributed by atoms with Crippen molar-refractivity contribution in [2.45, 2.75) is 32.1 Å². The van der Waals surface area contributed by atoms with Crippen LogP contribution in [0.1, 0.15) is 53.6 Å². The maximum atomic E-state index is 12.7. The molecule has 178 valence electrons. The molecule has 0 bridgehead atoms. The van der Waals surface area contributed by atoms with Gasteiger partial charge in [-0.15, -0.1) is 0 Å². The van der Waals surface area contributed by atoms with E-state index < -0.39 is 11.9 Å². The molecule has 0 fully saturated rings. The lowest BCUT2D eigenvalue weighted by molar-refractivity contribution is 0.0734. The van der Waals surface area contributed by atoms with Crippen LogP contribution in [0.15, 0.2) is 82.7 Å². The van der Waals surface area contributed by atoms with Gasteiger partial charge >= 0.3 is 5.97 Å². The third-order valence-corrected chi connectivity index (χ3v) is 6.45. The van der Waals surface area contributed by atoms with E-state index in [1.54, 1.807) is 42.5 Å². The molecule has 0 saturated heterocycles. The van der Waals surface area contributed by atoms with Gasteiger partial charge in [-0.1, -0.05) is 60.0 Å². The van der Waals surface area contributed by atoms with Crippen LogP contribution in [0.25, 0.3) is 0 Å². The second-order valence-electron chi connectivity index (χ2n) is 8.12. The number of hydrogen-bond donors (Lipinski definition) is 1. The van der Waals surface area contributed by atoms with E-state index in [2.05, 4.69) is 28.9 Å². The van der Waals surface area contributed by atoms with Crippen LogP contribution in [0.2, 0.25) is 0 Å². The summed E-state index contributed by atoms with van der Waals surface area (Å²) in [5.41, 5.74) is 8.46. The Morgan fingerprint density at radius 3 is 2.51 bits per heavy atom. The molecule has 3 aromatic rings. The first-order valence-corrected chi connectivity index (χ1v) is 12.2. The van der Waals surface area contributed by atoms with Crippen molar-refractivity contribution in [3.8, 4) is 23.3 Å². The molecule has 1 aliphatic heterocycles. The maximum Gasteiger partial charge on any atom is 0.343 e. The van der Waals surface area contributed by atoms with Crippen molar-refractivity contribution in [1.29, 1.82) is 5.26 Å². The van der Waals surface area contributed by atoms with Gasteiger partial charge in [0.2, 0.25) is 5.88 Å². The molecule has 1 heterocycles. The number of allylic oxidation sites excluding steroid dienone is 1. The second-order valence-corrected chi connectivity index (χ2v) is 8.97. The molecule has 0 spiro atoms. The third-order valence-electron chi connectivity index (χ3n) is 5.72. The van der Waals surface area contributed by atoms with E-state index in [-0.39, 0.29) is 5.88 Å². The molecule has 0 radical (unpaired) electrons.